The summed E-state index contributed by atoms with van der Waals surface area (Å²) in [5.41, 5.74) is -1.86. The first-order chi connectivity index (χ1) is 18.7. The molecule has 0 aliphatic heterocycles. The van der Waals surface area contributed by atoms with Crippen LogP contribution in [0.1, 0.15) is 97.9 Å². The van der Waals surface area contributed by atoms with Gasteiger partial charge in [-0.25, -0.2) is 14.3 Å². The highest BCUT2D eigenvalue weighted by molar-refractivity contribution is 7.87. The SMILES string of the molecule is C.C.CN(C)S(=O)(=O)N(C)C[C@@H](NC(=O)OC(C)(C)C)C(C)(C)C.CN(C)S(=O)(=O)NC[C@@H](NC(=O)OC(C)(C)C)C(C)(C)C. The lowest BCUT2D eigenvalue weighted by Gasteiger charge is -2.35. The van der Waals surface area contributed by atoms with E-state index in [1.807, 2.05) is 41.5 Å². The zero-order valence-corrected chi connectivity index (χ0v) is 31.1. The Morgan fingerprint density at radius 1 is 0.622 bits per heavy atom. The molecule has 0 rings (SSSR count). The van der Waals surface area contributed by atoms with E-state index >= 15 is 0 Å². The van der Waals surface area contributed by atoms with Crippen molar-refractivity contribution in [1.82, 2.24) is 28.3 Å². The summed E-state index contributed by atoms with van der Waals surface area (Å²) in [7, 11) is 0.252. The Morgan fingerprint density at radius 2 is 0.956 bits per heavy atom. The molecule has 0 aliphatic carbocycles. The van der Waals surface area contributed by atoms with Crippen LogP contribution < -0.4 is 15.4 Å². The molecule has 45 heavy (non-hydrogen) atoms. The topological polar surface area (TPSA) is 167 Å². The van der Waals surface area contributed by atoms with Crippen LogP contribution >= 0.6 is 0 Å². The van der Waals surface area contributed by atoms with E-state index in [0.29, 0.717) is 0 Å². The van der Waals surface area contributed by atoms with E-state index in [0.717, 1.165) is 8.61 Å². The van der Waals surface area contributed by atoms with Gasteiger partial charge in [-0.2, -0.15) is 29.8 Å². The molecule has 0 aliphatic rings. The molecule has 0 bridgehead atoms. The maximum Gasteiger partial charge on any atom is 0.407 e. The first-order valence-electron chi connectivity index (χ1n) is 14.0. The summed E-state index contributed by atoms with van der Waals surface area (Å²) >= 11 is 0. The average molecular weight is 693 g/mol. The standard InChI is InChI=1S/C14H31N3O4S.C13H29N3O4S.2CH4/c1-13(2,3)11(15-12(18)21-14(4,5)6)10-17(9)22(19,20)16(7)8;1-12(2,3)10(9-14-21(18,19)16(7)8)15-11(17)20-13(4,5)6;;/h11H,10H2,1-9H3,(H,15,18);10,14H,9H2,1-8H3,(H,15,17);2*1H4/t11-;10-;;/m11../s1. The van der Waals surface area contributed by atoms with Crippen LogP contribution in [0.25, 0.3) is 0 Å². The van der Waals surface area contributed by atoms with Crippen molar-refractivity contribution in [3.05, 3.63) is 0 Å². The van der Waals surface area contributed by atoms with Crippen molar-refractivity contribution in [2.75, 3.05) is 48.3 Å². The van der Waals surface area contributed by atoms with Crippen LogP contribution in [-0.2, 0) is 29.9 Å². The van der Waals surface area contributed by atoms with Crippen LogP contribution in [0.5, 0.6) is 0 Å². The van der Waals surface area contributed by atoms with Crippen molar-refractivity contribution in [3.8, 4) is 0 Å². The number of hydrogen-bond acceptors (Lipinski definition) is 8. The zero-order valence-electron chi connectivity index (χ0n) is 29.5. The number of hydrogen-bond donors (Lipinski definition) is 3. The van der Waals surface area contributed by atoms with Crippen molar-refractivity contribution in [2.45, 2.75) is 121 Å². The van der Waals surface area contributed by atoms with Crippen molar-refractivity contribution >= 4 is 32.6 Å². The third-order valence-electron chi connectivity index (χ3n) is 5.72. The molecule has 0 unspecified atom stereocenters. The van der Waals surface area contributed by atoms with Crippen molar-refractivity contribution in [1.29, 1.82) is 0 Å². The van der Waals surface area contributed by atoms with E-state index in [1.54, 1.807) is 41.5 Å². The Balaban J connectivity index is -0.000000358. The normalized spacial score (nSPS) is 14.3. The molecule has 274 valence electrons. The number of carbonyl (C=O) groups excluding carboxylic acids is 2. The molecule has 0 fully saturated rings. The lowest BCUT2D eigenvalue weighted by atomic mass is 9.87. The predicted molar refractivity (Wildman–Crippen MR) is 185 cm³/mol. The number of ether oxygens (including phenoxy) is 2. The summed E-state index contributed by atoms with van der Waals surface area (Å²) in [5, 5.41) is 5.49. The van der Waals surface area contributed by atoms with Gasteiger partial charge in [0.05, 0.1) is 12.1 Å². The van der Waals surface area contributed by atoms with Crippen LogP contribution in [0.15, 0.2) is 0 Å². The van der Waals surface area contributed by atoms with Gasteiger partial charge in [-0.1, -0.05) is 56.4 Å². The second kappa shape index (κ2) is 18.6. The molecule has 0 aromatic rings. The second-order valence-corrected chi connectivity index (χ2v) is 19.1. The van der Waals surface area contributed by atoms with Gasteiger partial charge in [0, 0.05) is 48.3 Å². The Bertz CT molecular complexity index is 1100. The predicted octanol–water partition coefficient (Wildman–Crippen LogP) is 4.26. The van der Waals surface area contributed by atoms with Crippen LogP contribution in [-0.4, -0.2) is 114 Å². The Kier molecular flexibility index (Phi) is 20.7. The third-order valence-corrected chi connectivity index (χ3v) is 9.07. The number of likely N-dealkylation sites (N-methyl/N-ethyl adjacent to an activating group) is 1. The molecule has 2 amide bonds. The van der Waals surface area contributed by atoms with Gasteiger partial charge in [-0.3, -0.25) is 0 Å². The van der Waals surface area contributed by atoms with Crippen LogP contribution in [0.4, 0.5) is 9.59 Å². The average Bonchev–Trinajstić information content (AvgIpc) is 2.72. The molecule has 14 nitrogen and oxygen atoms in total. The van der Waals surface area contributed by atoms with Gasteiger partial charge in [0.25, 0.3) is 20.4 Å². The Labute approximate surface area is 276 Å². The van der Waals surface area contributed by atoms with Gasteiger partial charge < -0.3 is 20.1 Å². The largest absolute Gasteiger partial charge is 0.444 e. The molecule has 16 heteroatoms. The summed E-state index contributed by atoms with van der Waals surface area (Å²) in [4.78, 5) is 23.8. The van der Waals surface area contributed by atoms with Crippen LogP contribution in [0.2, 0.25) is 0 Å². The second-order valence-electron chi connectivity index (χ2n) is 14.8. The summed E-state index contributed by atoms with van der Waals surface area (Å²) in [6.07, 6.45) is -1.12. The fourth-order valence-corrected chi connectivity index (χ4v) is 4.49. The van der Waals surface area contributed by atoms with Gasteiger partial charge in [-0.05, 0) is 52.4 Å². The highest BCUT2D eigenvalue weighted by Gasteiger charge is 2.33. The lowest BCUT2D eigenvalue weighted by Crippen LogP contribution is -2.53. The maximum absolute atomic E-state index is 12.1. The quantitative estimate of drug-likeness (QED) is 0.306. The summed E-state index contributed by atoms with van der Waals surface area (Å²) in [6, 6.07) is -0.788. The monoisotopic (exact) mass is 692 g/mol. The number of carbonyl (C=O) groups is 2. The summed E-state index contributed by atoms with van der Waals surface area (Å²) < 4.78 is 64.1. The minimum atomic E-state index is -3.53. The van der Waals surface area contributed by atoms with E-state index < -0.39 is 49.8 Å². The first kappa shape index (κ1) is 50.1. The van der Waals surface area contributed by atoms with Crippen LogP contribution in [0, 0.1) is 10.8 Å². The summed E-state index contributed by atoms with van der Waals surface area (Å²) in [5.74, 6) is 0. The smallest absolute Gasteiger partial charge is 0.407 e. The number of alkyl carbamates (subject to hydrolysis) is 2. The summed E-state index contributed by atoms with van der Waals surface area (Å²) in [6.45, 7) is 22.4. The Morgan fingerprint density at radius 3 is 1.22 bits per heavy atom. The molecular weight excluding hydrogens is 624 g/mol. The van der Waals surface area contributed by atoms with Gasteiger partial charge >= 0.3 is 12.2 Å². The molecule has 0 aromatic heterocycles. The van der Waals surface area contributed by atoms with E-state index in [1.165, 1.54) is 39.5 Å². The molecular formula is C29H68N6O8S2. The van der Waals surface area contributed by atoms with Gasteiger partial charge in [0.1, 0.15) is 11.2 Å². The molecule has 0 saturated heterocycles. The molecule has 0 heterocycles. The minimum Gasteiger partial charge on any atom is -0.444 e. The van der Waals surface area contributed by atoms with E-state index in [4.69, 9.17) is 9.47 Å². The maximum atomic E-state index is 12.1. The number of rotatable bonds is 10. The minimum absolute atomic E-state index is 0. The fourth-order valence-electron chi connectivity index (χ4n) is 2.96. The molecule has 0 radical (unpaired) electrons. The number of amides is 2. The lowest BCUT2D eigenvalue weighted by molar-refractivity contribution is 0.0449. The fraction of sp³-hybridized carbons (Fsp3) is 0.931. The molecule has 3 N–H and O–H groups in total. The third kappa shape index (κ3) is 21.7. The molecule has 0 aromatic carbocycles. The number of nitrogens with one attached hydrogen (secondary N) is 3. The van der Waals surface area contributed by atoms with Crippen molar-refractivity contribution in [3.63, 3.8) is 0 Å². The van der Waals surface area contributed by atoms with E-state index in [-0.39, 0.29) is 44.8 Å². The Hall–Kier alpha value is -1.72. The highest BCUT2D eigenvalue weighted by atomic mass is 32.2. The zero-order chi connectivity index (χ0) is 35.0. The number of nitrogens with zero attached hydrogens (tertiary/aromatic N) is 3. The van der Waals surface area contributed by atoms with Gasteiger partial charge in [0.15, 0.2) is 0 Å². The molecule has 0 spiro atoms. The van der Waals surface area contributed by atoms with Gasteiger partial charge in [0.2, 0.25) is 0 Å². The first-order valence-corrected chi connectivity index (χ1v) is 16.9. The van der Waals surface area contributed by atoms with Crippen molar-refractivity contribution in [2.24, 2.45) is 10.8 Å². The van der Waals surface area contributed by atoms with E-state index in [9.17, 15) is 26.4 Å². The van der Waals surface area contributed by atoms with Crippen LogP contribution in [0.3, 0.4) is 0 Å². The van der Waals surface area contributed by atoms with Gasteiger partial charge in [-0.15, -0.1) is 0 Å². The van der Waals surface area contributed by atoms with Crippen molar-refractivity contribution < 1.29 is 35.9 Å². The highest BCUT2D eigenvalue weighted by Crippen LogP contribution is 2.22. The van der Waals surface area contributed by atoms with E-state index in [2.05, 4.69) is 15.4 Å². The molecule has 2 atom stereocenters. The molecule has 0 saturated carbocycles.